The summed E-state index contributed by atoms with van der Waals surface area (Å²) in [6.07, 6.45) is -2.91. The average Bonchev–Trinajstić information content (AvgIpc) is 2.15. The molecule has 7 heteroatoms. The molecule has 0 saturated carbocycles. The van der Waals surface area contributed by atoms with Gasteiger partial charge in [-0.2, -0.15) is 0 Å². The normalized spacial score (nSPS) is 10.5. The van der Waals surface area contributed by atoms with Crippen molar-refractivity contribution in [3.8, 4) is 0 Å². The van der Waals surface area contributed by atoms with Gasteiger partial charge in [-0.1, -0.05) is 0 Å². The fraction of sp³-hybridized carbons (Fsp3) is 0.333. The molecule has 0 aliphatic heterocycles. The molecule has 16 heavy (non-hydrogen) atoms. The number of hydrogen-bond acceptors (Lipinski definition) is 5. The Labute approximate surface area is 90.4 Å². The Kier molecular flexibility index (Phi) is 3.60. The summed E-state index contributed by atoms with van der Waals surface area (Å²) >= 11 is 0. The number of halogens is 2. The smallest absolute Gasteiger partial charge is 0.338 e. The van der Waals surface area contributed by atoms with Crippen LogP contribution in [0.25, 0.3) is 0 Å². The second-order valence-electron chi connectivity index (χ2n) is 2.91. The summed E-state index contributed by atoms with van der Waals surface area (Å²) in [6.45, 7) is 1.64. The molecule has 0 atom stereocenters. The first-order valence-electron chi connectivity index (χ1n) is 4.48. The van der Waals surface area contributed by atoms with Gasteiger partial charge in [-0.15, -0.1) is 0 Å². The van der Waals surface area contributed by atoms with Gasteiger partial charge in [-0.25, -0.2) is 18.6 Å². The van der Waals surface area contributed by atoms with Crippen molar-refractivity contribution in [2.24, 2.45) is 0 Å². The summed E-state index contributed by atoms with van der Waals surface area (Å²) in [6, 6.07) is 1.02. The van der Waals surface area contributed by atoms with E-state index in [1.54, 1.807) is 6.92 Å². The molecule has 88 valence electrons. The van der Waals surface area contributed by atoms with Crippen molar-refractivity contribution in [1.82, 2.24) is 4.98 Å². The molecule has 1 aromatic heterocycles. The molecule has 0 spiro atoms. The van der Waals surface area contributed by atoms with Gasteiger partial charge in [-0.3, -0.25) is 0 Å². The van der Waals surface area contributed by atoms with Crippen molar-refractivity contribution in [2.75, 3.05) is 18.1 Å². The van der Waals surface area contributed by atoms with Crippen molar-refractivity contribution in [1.29, 1.82) is 0 Å². The summed E-state index contributed by atoms with van der Waals surface area (Å²) in [4.78, 5) is 14.8. The molecule has 1 heterocycles. The standard InChI is InChI=1S/C9H11F2N3O2/c1-2-16-9(15)4-3-5(12)14-8(13)6(4)7(10)11/h3,7H,2H2,1H3,(H4,12,13,14). The van der Waals surface area contributed by atoms with E-state index in [9.17, 15) is 13.6 Å². The number of anilines is 2. The number of carbonyl (C=O) groups is 1. The third-order valence-corrected chi connectivity index (χ3v) is 1.82. The van der Waals surface area contributed by atoms with Gasteiger partial charge in [0.05, 0.1) is 17.7 Å². The zero-order chi connectivity index (χ0) is 12.3. The first-order valence-corrected chi connectivity index (χ1v) is 4.48. The van der Waals surface area contributed by atoms with Crippen molar-refractivity contribution in [3.05, 3.63) is 17.2 Å². The zero-order valence-corrected chi connectivity index (χ0v) is 8.54. The Bertz CT molecular complexity index is 410. The third kappa shape index (κ3) is 2.36. The molecule has 0 amide bonds. The minimum absolute atomic E-state index is 0.0731. The summed E-state index contributed by atoms with van der Waals surface area (Å²) in [5.74, 6) is -1.46. The minimum Gasteiger partial charge on any atom is -0.462 e. The second-order valence-corrected chi connectivity index (χ2v) is 2.91. The summed E-state index contributed by atoms with van der Waals surface area (Å²) < 4.78 is 29.9. The highest BCUT2D eigenvalue weighted by atomic mass is 19.3. The van der Waals surface area contributed by atoms with Crippen molar-refractivity contribution < 1.29 is 18.3 Å². The van der Waals surface area contributed by atoms with Crippen LogP contribution in [0.2, 0.25) is 0 Å². The van der Waals surface area contributed by atoms with E-state index in [2.05, 4.69) is 9.72 Å². The van der Waals surface area contributed by atoms with Crippen LogP contribution in [0.3, 0.4) is 0 Å². The number of hydrogen-bond donors (Lipinski definition) is 2. The molecule has 0 bridgehead atoms. The largest absolute Gasteiger partial charge is 0.462 e. The number of ether oxygens (including phenoxy) is 1. The number of alkyl halides is 2. The number of nitrogens with zero attached hydrogens (tertiary/aromatic N) is 1. The van der Waals surface area contributed by atoms with E-state index >= 15 is 0 Å². The molecule has 4 N–H and O–H groups in total. The van der Waals surface area contributed by atoms with Crippen LogP contribution < -0.4 is 11.5 Å². The Morgan fingerprint density at radius 1 is 1.56 bits per heavy atom. The van der Waals surface area contributed by atoms with E-state index < -0.39 is 23.8 Å². The SMILES string of the molecule is CCOC(=O)c1cc(N)nc(N)c1C(F)F. The lowest BCUT2D eigenvalue weighted by molar-refractivity contribution is 0.0515. The number of pyridine rings is 1. The molecule has 1 rings (SSSR count). The lowest BCUT2D eigenvalue weighted by atomic mass is 10.1. The monoisotopic (exact) mass is 231 g/mol. The molecule has 0 aliphatic carbocycles. The number of carbonyl (C=O) groups excluding carboxylic acids is 1. The fourth-order valence-corrected chi connectivity index (χ4v) is 1.20. The maximum atomic E-state index is 12.7. The predicted molar refractivity (Wildman–Crippen MR) is 54.0 cm³/mol. The van der Waals surface area contributed by atoms with Crippen molar-refractivity contribution in [3.63, 3.8) is 0 Å². The van der Waals surface area contributed by atoms with Crippen molar-refractivity contribution >= 4 is 17.6 Å². The Morgan fingerprint density at radius 2 is 2.19 bits per heavy atom. The highest BCUT2D eigenvalue weighted by Crippen LogP contribution is 2.29. The van der Waals surface area contributed by atoms with Crippen molar-refractivity contribution in [2.45, 2.75) is 13.3 Å². The molecule has 0 saturated heterocycles. The number of aromatic nitrogens is 1. The van der Waals surface area contributed by atoms with Gasteiger partial charge in [0.1, 0.15) is 11.6 Å². The highest BCUT2D eigenvalue weighted by molar-refractivity contribution is 5.93. The van der Waals surface area contributed by atoms with Crippen LogP contribution in [0.15, 0.2) is 6.07 Å². The lowest BCUT2D eigenvalue weighted by Gasteiger charge is -2.10. The van der Waals surface area contributed by atoms with Gasteiger partial charge >= 0.3 is 5.97 Å². The van der Waals surface area contributed by atoms with Crippen LogP contribution in [0.1, 0.15) is 29.3 Å². The molecule has 5 nitrogen and oxygen atoms in total. The molecule has 0 radical (unpaired) electrons. The van der Waals surface area contributed by atoms with Gasteiger partial charge in [-0.05, 0) is 13.0 Å². The fourth-order valence-electron chi connectivity index (χ4n) is 1.20. The summed E-state index contributed by atoms with van der Waals surface area (Å²) in [5.41, 5.74) is 9.61. The van der Waals surface area contributed by atoms with Crippen LogP contribution in [0, 0.1) is 0 Å². The van der Waals surface area contributed by atoms with Gasteiger partial charge in [0.2, 0.25) is 0 Å². The molecular weight excluding hydrogens is 220 g/mol. The van der Waals surface area contributed by atoms with Crippen LogP contribution >= 0.6 is 0 Å². The Hall–Kier alpha value is -1.92. The predicted octanol–water partition coefficient (Wildman–Crippen LogP) is 1.36. The zero-order valence-electron chi connectivity index (χ0n) is 8.54. The first-order chi connectivity index (χ1) is 7.47. The maximum absolute atomic E-state index is 12.7. The van der Waals surface area contributed by atoms with E-state index in [1.807, 2.05) is 0 Å². The molecular formula is C9H11F2N3O2. The van der Waals surface area contributed by atoms with E-state index in [1.165, 1.54) is 0 Å². The highest BCUT2D eigenvalue weighted by Gasteiger charge is 2.23. The van der Waals surface area contributed by atoms with Gasteiger partial charge in [0.15, 0.2) is 0 Å². The number of rotatable bonds is 3. The molecule has 0 fully saturated rings. The van der Waals surface area contributed by atoms with Gasteiger partial charge in [0, 0.05) is 0 Å². The Balaban J connectivity index is 3.29. The van der Waals surface area contributed by atoms with Crippen LogP contribution in [-0.4, -0.2) is 17.6 Å². The molecule has 1 aromatic rings. The molecule has 0 aliphatic rings. The van der Waals surface area contributed by atoms with E-state index in [-0.39, 0.29) is 18.0 Å². The first kappa shape index (κ1) is 12.2. The van der Waals surface area contributed by atoms with Crippen LogP contribution in [-0.2, 0) is 4.74 Å². The van der Waals surface area contributed by atoms with E-state index in [4.69, 9.17) is 11.5 Å². The lowest BCUT2D eigenvalue weighted by Crippen LogP contribution is -2.13. The third-order valence-electron chi connectivity index (χ3n) is 1.82. The van der Waals surface area contributed by atoms with E-state index in [0.29, 0.717) is 0 Å². The quantitative estimate of drug-likeness (QED) is 0.766. The Morgan fingerprint density at radius 3 is 2.69 bits per heavy atom. The number of esters is 1. The minimum atomic E-state index is -2.91. The average molecular weight is 231 g/mol. The van der Waals surface area contributed by atoms with Gasteiger partial charge < -0.3 is 16.2 Å². The second kappa shape index (κ2) is 4.73. The maximum Gasteiger partial charge on any atom is 0.338 e. The molecule has 0 aromatic carbocycles. The number of nitrogens with two attached hydrogens (primary N) is 2. The summed E-state index contributed by atoms with van der Waals surface area (Å²) in [5, 5.41) is 0. The topological polar surface area (TPSA) is 91.2 Å². The van der Waals surface area contributed by atoms with E-state index in [0.717, 1.165) is 6.07 Å². The summed E-state index contributed by atoms with van der Waals surface area (Å²) in [7, 11) is 0. The van der Waals surface area contributed by atoms with Gasteiger partial charge in [0.25, 0.3) is 6.43 Å². The van der Waals surface area contributed by atoms with Crippen LogP contribution in [0.4, 0.5) is 20.4 Å². The number of nitrogen functional groups attached to an aromatic ring is 2. The molecule has 0 unspecified atom stereocenters. The van der Waals surface area contributed by atoms with Crippen LogP contribution in [0.5, 0.6) is 0 Å².